The highest BCUT2D eigenvalue weighted by atomic mass is 32.2. The Morgan fingerprint density at radius 2 is 1.85 bits per heavy atom. The van der Waals surface area contributed by atoms with Crippen molar-refractivity contribution in [3.05, 3.63) is 89.2 Å². The number of benzene rings is 3. The number of hydrogen-bond donors (Lipinski definition) is 2. The number of carbonyl (C=O) groups is 2. The van der Waals surface area contributed by atoms with E-state index in [1.165, 1.54) is 36.5 Å². The lowest BCUT2D eigenvalue weighted by atomic mass is 9.94. The van der Waals surface area contributed by atoms with Crippen molar-refractivity contribution >= 4 is 39.3 Å². The predicted octanol–water partition coefficient (Wildman–Crippen LogP) is 3.81. The van der Waals surface area contributed by atoms with E-state index in [1.54, 1.807) is 0 Å². The fraction of sp³-hybridized carbons (Fsp3) is 0.160. The van der Waals surface area contributed by atoms with Crippen LogP contribution >= 0.6 is 0 Å². The summed E-state index contributed by atoms with van der Waals surface area (Å²) in [6.07, 6.45) is 1.87. The Morgan fingerprint density at radius 3 is 2.62 bits per heavy atom. The average Bonchev–Trinajstić information content (AvgIpc) is 2.80. The number of aliphatic imine (C=N–C) groups is 1. The second kappa shape index (κ2) is 9.56. The Balaban J connectivity index is 1.48. The number of carbonyl (C=O) groups excluding carboxylic acids is 2. The van der Waals surface area contributed by atoms with Crippen molar-refractivity contribution in [1.82, 2.24) is 5.32 Å². The summed E-state index contributed by atoms with van der Waals surface area (Å²) in [7, 11) is -4.17. The number of amides is 1. The smallest absolute Gasteiger partial charge is 0.262 e. The normalized spacial score (nSPS) is 15.0. The fourth-order valence-corrected chi connectivity index (χ4v) is 4.72. The molecule has 1 heterocycles. The number of fused-ring (bicyclic) bond motifs is 1. The van der Waals surface area contributed by atoms with Gasteiger partial charge in [0.15, 0.2) is 5.78 Å². The van der Waals surface area contributed by atoms with Gasteiger partial charge >= 0.3 is 0 Å². The molecule has 7 nitrogen and oxygen atoms in total. The van der Waals surface area contributed by atoms with E-state index >= 15 is 0 Å². The number of halogens is 1. The number of hydrogen-bond acceptors (Lipinski definition) is 5. The number of ketones is 1. The quantitative estimate of drug-likeness (QED) is 0.503. The van der Waals surface area contributed by atoms with Gasteiger partial charge in [0, 0.05) is 18.3 Å². The fourth-order valence-electron chi connectivity index (χ4n) is 3.62. The van der Waals surface area contributed by atoms with Crippen LogP contribution in [0.4, 0.5) is 15.8 Å². The molecule has 2 N–H and O–H groups in total. The van der Waals surface area contributed by atoms with Crippen LogP contribution in [-0.4, -0.2) is 32.9 Å². The van der Waals surface area contributed by atoms with Crippen molar-refractivity contribution < 1.29 is 22.4 Å². The minimum absolute atomic E-state index is 0.0118. The van der Waals surface area contributed by atoms with Gasteiger partial charge in [-0.05, 0) is 49.2 Å². The second-order valence-corrected chi connectivity index (χ2v) is 9.60. The van der Waals surface area contributed by atoms with Crippen molar-refractivity contribution in [3.8, 4) is 0 Å². The number of rotatable bonds is 7. The third-order valence-corrected chi connectivity index (χ3v) is 6.75. The van der Waals surface area contributed by atoms with Crippen LogP contribution in [0.15, 0.2) is 76.6 Å². The highest BCUT2D eigenvalue weighted by Gasteiger charge is 2.32. The van der Waals surface area contributed by atoms with Crippen LogP contribution < -0.4 is 10.0 Å². The Labute approximate surface area is 196 Å². The molecule has 1 amide bonds. The van der Waals surface area contributed by atoms with Gasteiger partial charge in [0.25, 0.3) is 10.0 Å². The maximum absolute atomic E-state index is 13.9. The lowest BCUT2D eigenvalue weighted by Gasteiger charge is -2.18. The van der Waals surface area contributed by atoms with Gasteiger partial charge in [0.1, 0.15) is 11.7 Å². The molecule has 0 radical (unpaired) electrons. The van der Waals surface area contributed by atoms with E-state index in [0.29, 0.717) is 13.0 Å². The largest absolute Gasteiger partial charge is 0.355 e. The van der Waals surface area contributed by atoms with Crippen molar-refractivity contribution in [2.24, 2.45) is 10.9 Å². The molecule has 0 fully saturated rings. The highest BCUT2D eigenvalue weighted by molar-refractivity contribution is 7.92. The number of aryl methyl sites for hydroxylation is 1. The molecule has 0 saturated carbocycles. The number of Topliss-reactive ketones (excluding diaryl/α,β-unsaturated/α-hetero) is 1. The maximum atomic E-state index is 13.9. The third-order valence-electron chi connectivity index (χ3n) is 5.38. The molecule has 4 rings (SSSR count). The van der Waals surface area contributed by atoms with E-state index in [1.807, 2.05) is 31.2 Å². The standard InChI is InChI=1S/C25H22FN3O4S/c1-16-5-4-6-17(13-16)11-12-27-25(31)20-15-28-22-10-9-18(14-19(22)24(20)30)34(32,33)29-23-8-3-2-7-21(23)26/h2-10,13-15,20,29H,11-12H2,1H3,(H,27,31). The number of anilines is 1. The summed E-state index contributed by atoms with van der Waals surface area (Å²) in [5, 5.41) is 2.74. The zero-order valence-electron chi connectivity index (χ0n) is 18.3. The predicted molar refractivity (Wildman–Crippen MR) is 128 cm³/mol. The van der Waals surface area contributed by atoms with E-state index in [2.05, 4.69) is 15.0 Å². The number of para-hydroxylation sites is 1. The molecule has 174 valence electrons. The van der Waals surface area contributed by atoms with Gasteiger partial charge in [0.2, 0.25) is 5.91 Å². The van der Waals surface area contributed by atoms with Crippen LogP contribution in [0.3, 0.4) is 0 Å². The molecule has 9 heteroatoms. The van der Waals surface area contributed by atoms with E-state index < -0.39 is 33.4 Å². The van der Waals surface area contributed by atoms with Gasteiger partial charge in [0.05, 0.1) is 16.3 Å². The molecule has 1 atom stereocenters. The van der Waals surface area contributed by atoms with Crippen LogP contribution in [0, 0.1) is 18.7 Å². The summed E-state index contributed by atoms with van der Waals surface area (Å²) in [5.74, 6) is -2.96. The van der Waals surface area contributed by atoms with E-state index in [-0.39, 0.29) is 21.8 Å². The zero-order valence-corrected chi connectivity index (χ0v) is 19.1. The van der Waals surface area contributed by atoms with Crippen molar-refractivity contribution in [1.29, 1.82) is 0 Å². The van der Waals surface area contributed by atoms with Crippen molar-refractivity contribution in [2.45, 2.75) is 18.2 Å². The number of nitrogens with zero attached hydrogens (tertiary/aromatic N) is 1. The number of sulfonamides is 1. The van der Waals surface area contributed by atoms with Crippen LogP contribution in [-0.2, 0) is 21.2 Å². The first kappa shape index (κ1) is 23.3. The molecular weight excluding hydrogens is 457 g/mol. The molecule has 3 aromatic carbocycles. The molecule has 0 aromatic heterocycles. The first-order valence-corrected chi connectivity index (χ1v) is 12.1. The van der Waals surface area contributed by atoms with Crippen LogP contribution in [0.1, 0.15) is 21.5 Å². The Hall–Kier alpha value is -3.85. The Kier molecular flexibility index (Phi) is 6.56. The molecule has 0 bridgehead atoms. The molecular formula is C25H22FN3O4S. The highest BCUT2D eigenvalue weighted by Crippen LogP contribution is 2.30. The molecule has 0 spiro atoms. The molecule has 0 saturated heterocycles. The summed E-state index contributed by atoms with van der Waals surface area (Å²) in [5.41, 5.74) is 2.24. The van der Waals surface area contributed by atoms with Gasteiger partial charge in [-0.15, -0.1) is 0 Å². The topological polar surface area (TPSA) is 105 Å². The lowest BCUT2D eigenvalue weighted by Crippen LogP contribution is -2.38. The zero-order chi connectivity index (χ0) is 24.3. The van der Waals surface area contributed by atoms with E-state index in [9.17, 15) is 22.4 Å². The Morgan fingerprint density at radius 1 is 1.06 bits per heavy atom. The second-order valence-electron chi connectivity index (χ2n) is 7.91. The average molecular weight is 480 g/mol. The summed E-state index contributed by atoms with van der Waals surface area (Å²) < 4.78 is 41.6. The SMILES string of the molecule is Cc1cccc(CCNC(=O)C2C=Nc3ccc(S(=O)(=O)Nc4ccccc4F)cc3C2=O)c1. The molecule has 3 aromatic rings. The molecule has 1 aliphatic heterocycles. The summed E-state index contributed by atoms with van der Waals surface area (Å²) in [6, 6.07) is 17.1. The summed E-state index contributed by atoms with van der Waals surface area (Å²) >= 11 is 0. The van der Waals surface area contributed by atoms with Gasteiger partial charge in [-0.3, -0.25) is 19.3 Å². The monoisotopic (exact) mass is 479 g/mol. The van der Waals surface area contributed by atoms with Gasteiger partial charge in [-0.1, -0.05) is 42.0 Å². The van der Waals surface area contributed by atoms with Crippen molar-refractivity contribution in [2.75, 3.05) is 11.3 Å². The summed E-state index contributed by atoms with van der Waals surface area (Å²) in [6.45, 7) is 2.32. The van der Waals surface area contributed by atoms with Gasteiger partial charge in [-0.25, -0.2) is 12.8 Å². The Bertz CT molecular complexity index is 1400. The van der Waals surface area contributed by atoms with Crippen molar-refractivity contribution in [3.63, 3.8) is 0 Å². The molecule has 1 unspecified atom stereocenters. The maximum Gasteiger partial charge on any atom is 0.262 e. The third kappa shape index (κ3) is 5.04. The van der Waals surface area contributed by atoms with Crippen LogP contribution in [0.25, 0.3) is 0 Å². The van der Waals surface area contributed by atoms with Gasteiger partial charge < -0.3 is 5.32 Å². The lowest BCUT2D eigenvalue weighted by molar-refractivity contribution is -0.121. The first-order chi connectivity index (χ1) is 16.2. The van der Waals surface area contributed by atoms with Crippen LogP contribution in [0.2, 0.25) is 0 Å². The summed E-state index contributed by atoms with van der Waals surface area (Å²) in [4.78, 5) is 29.6. The van der Waals surface area contributed by atoms with E-state index in [4.69, 9.17) is 0 Å². The van der Waals surface area contributed by atoms with Gasteiger partial charge in [-0.2, -0.15) is 0 Å². The first-order valence-electron chi connectivity index (χ1n) is 10.6. The molecule has 34 heavy (non-hydrogen) atoms. The molecule has 1 aliphatic rings. The number of nitrogens with one attached hydrogen (secondary N) is 2. The van der Waals surface area contributed by atoms with E-state index in [0.717, 1.165) is 23.3 Å². The van der Waals surface area contributed by atoms with Crippen LogP contribution in [0.5, 0.6) is 0 Å². The minimum Gasteiger partial charge on any atom is -0.355 e. The molecule has 0 aliphatic carbocycles. The minimum atomic E-state index is -4.17.